The fourth-order valence-corrected chi connectivity index (χ4v) is 2.09. The van der Waals surface area contributed by atoms with Crippen molar-refractivity contribution in [1.82, 2.24) is 15.4 Å². The lowest BCUT2D eigenvalue weighted by Gasteiger charge is -2.37. The molecule has 1 heterocycles. The van der Waals surface area contributed by atoms with Gasteiger partial charge in [0.25, 0.3) is 0 Å². The van der Waals surface area contributed by atoms with E-state index in [0.717, 1.165) is 13.1 Å². The van der Waals surface area contributed by atoms with Gasteiger partial charge in [0.15, 0.2) is 0 Å². The van der Waals surface area contributed by atoms with E-state index in [0.29, 0.717) is 6.54 Å². The van der Waals surface area contributed by atoms with E-state index < -0.39 is 10.0 Å². The van der Waals surface area contributed by atoms with Crippen LogP contribution in [-0.2, 0) is 10.0 Å². The van der Waals surface area contributed by atoms with Gasteiger partial charge in [-0.2, -0.15) is 0 Å². The van der Waals surface area contributed by atoms with Gasteiger partial charge in [0.2, 0.25) is 10.0 Å². The fourth-order valence-electron chi connectivity index (χ4n) is 1.59. The molecule has 1 rings (SSSR count). The van der Waals surface area contributed by atoms with Gasteiger partial charge in [0.1, 0.15) is 0 Å². The Kier molecular flexibility index (Phi) is 3.52. The molecule has 1 fully saturated rings. The molecule has 0 aromatic carbocycles. The van der Waals surface area contributed by atoms with Gasteiger partial charge in [0, 0.05) is 31.2 Å². The van der Waals surface area contributed by atoms with Gasteiger partial charge in [-0.3, -0.25) is 0 Å². The van der Waals surface area contributed by atoms with Gasteiger partial charge in [-0.25, -0.2) is 13.1 Å². The van der Waals surface area contributed by atoms with E-state index in [1.54, 1.807) is 0 Å². The van der Waals surface area contributed by atoms with Crippen LogP contribution in [0.4, 0.5) is 0 Å². The molecular weight excluding hydrogens is 202 g/mol. The molecule has 1 atom stereocenters. The molecule has 0 aliphatic carbocycles. The van der Waals surface area contributed by atoms with Crippen molar-refractivity contribution >= 4 is 10.0 Å². The van der Waals surface area contributed by atoms with Crippen LogP contribution in [0.5, 0.6) is 0 Å². The molecule has 84 valence electrons. The standard InChI is InChI=1S/C8H19N3O2S/c1-8(2)6-9-4-7(11-8)5-10-14(3,12)13/h7,9-11H,4-6H2,1-3H3. The third-order valence-electron chi connectivity index (χ3n) is 2.14. The lowest BCUT2D eigenvalue weighted by atomic mass is 10.0. The van der Waals surface area contributed by atoms with Crippen molar-refractivity contribution < 1.29 is 8.42 Å². The van der Waals surface area contributed by atoms with E-state index in [4.69, 9.17) is 0 Å². The van der Waals surface area contributed by atoms with Gasteiger partial charge in [-0.05, 0) is 13.8 Å². The Bertz CT molecular complexity index is 287. The second-order valence-electron chi connectivity index (χ2n) is 4.48. The van der Waals surface area contributed by atoms with Crippen molar-refractivity contribution in [2.45, 2.75) is 25.4 Å². The molecule has 0 amide bonds. The first kappa shape index (κ1) is 11.9. The largest absolute Gasteiger partial charge is 0.313 e. The monoisotopic (exact) mass is 221 g/mol. The Morgan fingerprint density at radius 2 is 2.14 bits per heavy atom. The second kappa shape index (κ2) is 4.14. The smallest absolute Gasteiger partial charge is 0.208 e. The van der Waals surface area contributed by atoms with Crippen LogP contribution in [0.1, 0.15) is 13.8 Å². The minimum atomic E-state index is -3.08. The summed E-state index contributed by atoms with van der Waals surface area (Å²) in [5.41, 5.74) is 0.0299. The first-order chi connectivity index (χ1) is 6.29. The molecule has 0 spiro atoms. The van der Waals surface area contributed by atoms with Crippen molar-refractivity contribution in [3.8, 4) is 0 Å². The lowest BCUT2D eigenvalue weighted by molar-refractivity contribution is 0.262. The highest BCUT2D eigenvalue weighted by Gasteiger charge is 2.26. The zero-order valence-corrected chi connectivity index (χ0v) is 9.74. The van der Waals surface area contributed by atoms with E-state index in [-0.39, 0.29) is 11.6 Å². The first-order valence-electron chi connectivity index (χ1n) is 4.72. The Balaban J connectivity index is 2.39. The Morgan fingerprint density at radius 1 is 1.50 bits per heavy atom. The van der Waals surface area contributed by atoms with Crippen LogP contribution in [0, 0.1) is 0 Å². The molecule has 0 bridgehead atoms. The van der Waals surface area contributed by atoms with Crippen molar-refractivity contribution in [2.24, 2.45) is 0 Å². The fraction of sp³-hybridized carbons (Fsp3) is 1.00. The maximum atomic E-state index is 10.9. The third kappa shape index (κ3) is 4.36. The molecular formula is C8H19N3O2S. The summed E-state index contributed by atoms with van der Waals surface area (Å²) in [6, 6.07) is 0.161. The van der Waals surface area contributed by atoms with Crippen LogP contribution < -0.4 is 15.4 Å². The molecule has 3 N–H and O–H groups in total. The number of rotatable bonds is 3. The zero-order valence-electron chi connectivity index (χ0n) is 8.92. The molecule has 1 unspecified atom stereocenters. The van der Waals surface area contributed by atoms with Gasteiger partial charge >= 0.3 is 0 Å². The molecule has 1 aliphatic rings. The average Bonchev–Trinajstić information content (AvgIpc) is 1.98. The van der Waals surface area contributed by atoms with E-state index >= 15 is 0 Å². The number of piperazine rings is 1. The Labute approximate surface area is 85.7 Å². The number of hydrogen-bond acceptors (Lipinski definition) is 4. The highest BCUT2D eigenvalue weighted by molar-refractivity contribution is 7.88. The van der Waals surface area contributed by atoms with Crippen LogP contribution in [0.15, 0.2) is 0 Å². The van der Waals surface area contributed by atoms with Crippen molar-refractivity contribution in [1.29, 1.82) is 0 Å². The molecule has 14 heavy (non-hydrogen) atoms. The van der Waals surface area contributed by atoms with Crippen molar-refractivity contribution in [2.75, 3.05) is 25.9 Å². The lowest BCUT2D eigenvalue weighted by Crippen LogP contribution is -2.63. The normalized spacial score (nSPS) is 27.5. The predicted molar refractivity (Wildman–Crippen MR) is 56.7 cm³/mol. The van der Waals surface area contributed by atoms with Crippen LogP contribution in [0.2, 0.25) is 0 Å². The minimum Gasteiger partial charge on any atom is -0.313 e. The van der Waals surface area contributed by atoms with E-state index in [9.17, 15) is 8.42 Å². The average molecular weight is 221 g/mol. The molecule has 0 aromatic rings. The summed E-state index contributed by atoms with van der Waals surface area (Å²) in [5.74, 6) is 0. The van der Waals surface area contributed by atoms with Crippen LogP contribution in [0.25, 0.3) is 0 Å². The summed E-state index contributed by atoms with van der Waals surface area (Å²) >= 11 is 0. The molecule has 5 nitrogen and oxygen atoms in total. The molecule has 0 saturated carbocycles. The predicted octanol–water partition coefficient (Wildman–Crippen LogP) is -1.12. The minimum absolute atomic E-state index is 0.0299. The highest BCUT2D eigenvalue weighted by Crippen LogP contribution is 2.05. The number of nitrogens with one attached hydrogen (secondary N) is 3. The maximum Gasteiger partial charge on any atom is 0.208 e. The zero-order chi connectivity index (χ0) is 10.8. The SMILES string of the molecule is CC1(C)CNCC(CNS(C)(=O)=O)N1. The van der Waals surface area contributed by atoms with Gasteiger partial charge < -0.3 is 10.6 Å². The van der Waals surface area contributed by atoms with Crippen LogP contribution in [-0.4, -0.2) is 45.9 Å². The molecule has 0 aromatic heterocycles. The second-order valence-corrected chi connectivity index (χ2v) is 6.31. The summed E-state index contributed by atoms with van der Waals surface area (Å²) in [6.45, 7) is 6.32. The van der Waals surface area contributed by atoms with Crippen molar-refractivity contribution in [3.63, 3.8) is 0 Å². The van der Waals surface area contributed by atoms with Crippen LogP contribution in [0.3, 0.4) is 0 Å². The van der Waals surface area contributed by atoms with E-state index in [2.05, 4.69) is 29.2 Å². The first-order valence-corrected chi connectivity index (χ1v) is 6.61. The van der Waals surface area contributed by atoms with E-state index in [1.807, 2.05) is 0 Å². The van der Waals surface area contributed by atoms with Gasteiger partial charge in [-0.15, -0.1) is 0 Å². The van der Waals surface area contributed by atoms with E-state index in [1.165, 1.54) is 6.26 Å². The highest BCUT2D eigenvalue weighted by atomic mass is 32.2. The summed E-state index contributed by atoms with van der Waals surface area (Å²) in [7, 11) is -3.08. The summed E-state index contributed by atoms with van der Waals surface area (Å²) in [5, 5.41) is 6.64. The van der Waals surface area contributed by atoms with Gasteiger partial charge in [0.05, 0.1) is 6.26 Å². The number of sulfonamides is 1. The maximum absolute atomic E-state index is 10.9. The summed E-state index contributed by atoms with van der Waals surface area (Å²) < 4.78 is 24.3. The quantitative estimate of drug-likeness (QED) is 0.564. The molecule has 0 radical (unpaired) electrons. The molecule has 1 aliphatic heterocycles. The topological polar surface area (TPSA) is 70.2 Å². The third-order valence-corrected chi connectivity index (χ3v) is 2.84. The molecule has 6 heteroatoms. The summed E-state index contributed by atoms with van der Waals surface area (Å²) in [4.78, 5) is 0. The molecule has 1 saturated heterocycles. The number of hydrogen-bond donors (Lipinski definition) is 3. The Hall–Kier alpha value is -0.170. The van der Waals surface area contributed by atoms with Crippen molar-refractivity contribution in [3.05, 3.63) is 0 Å². The Morgan fingerprint density at radius 3 is 2.64 bits per heavy atom. The van der Waals surface area contributed by atoms with Gasteiger partial charge in [-0.1, -0.05) is 0 Å². The summed E-state index contributed by atoms with van der Waals surface area (Å²) in [6.07, 6.45) is 1.17. The van der Waals surface area contributed by atoms with Crippen LogP contribution >= 0.6 is 0 Å².